The van der Waals surface area contributed by atoms with Gasteiger partial charge in [0.05, 0.1) is 12.7 Å². The van der Waals surface area contributed by atoms with Gasteiger partial charge in [0.25, 0.3) is 0 Å². The zero-order valence-corrected chi connectivity index (χ0v) is 18.5. The van der Waals surface area contributed by atoms with Crippen LogP contribution in [0.5, 0.6) is 5.75 Å². The molecule has 1 atom stereocenters. The second-order valence-corrected chi connectivity index (χ2v) is 9.72. The van der Waals surface area contributed by atoms with Crippen LogP contribution in [0.1, 0.15) is 69.3 Å². The highest BCUT2D eigenvalue weighted by molar-refractivity contribution is 6.34. The van der Waals surface area contributed by atoms with Crippen LogP contribution in [0.2, 0.25) is 0 Å². The summed E-state index contributed by atoms with van der Waals surface area (Å²) in [5.41, 5.74) is 1.89. The Kier molecular flexibility index (Phi) is 6.88. The van der Waals surface area contributed by atoms with E-state index in [0.717, 1.165) is 44.0 Å². The minimum Gasteiger partial charge on any atom is -0.497 e. The third kappa shape index (κ3) is 4.83. The Bertz CT molecular complexity index is 663. The normalized spacial score (nSPS) is 25.2. The van der Waals surface area contributed by atoms with E-state index in [2.05, 4.69) is 35.8 Å². The summed E-state index contributed by atoms with van der Waals surface area (Å²) >= 11 is 0. The van der Waals surface area contributed by atoms with Gasteiger partial charge >= 0.3 is 0 Å². The lowest BCUT2D eigenvalue weighted by molar-refractivity contribution is -0.0338. The van der Waals surface area contributed by atoms with Gasteiger partial charge in [-0.15, -0.1) is 0 Å². The Morgan fingerprint density at radius 2 is 1.76 bits per heavy atom. The smallest absolute Gasteiger partial charge is 0.144 e. The fourth-order valence-electron chi connectivity index (χ4n) is 6.05. The molecule has 1 N–H and O–H groups in total. The maximum atomic E-state index is 11.7. The molecule has 1 unspecified atom stereocenters. The summed E-state index contributed by atoms with van der Waals surface area (Å²) in [4.78, 5) is 5.35. The van der Waals surface area contributed by atoms with E-state index in [9.17, 15) is 5.11 Å². The van der Waals surface area contributed by atoms with E-state index in [1.807, 2.05) is 0 Å². The molecule has 29 heavy (non-hydrogen) atoms. The fourth-order valence-corrected chi connectivity index (χ4v) is 6.05. The standard InChI is InChI=1S/C24H39BN2O2/c1-29-23-8-7-19(17-22(23)25)21(24(28)11-3-2-4-12-24)18-26-15-9-20(10-16-26)27-13-5-6-14-27/h7-8,17,20-21,28H,2-6,9-16,18,25H2,1H3. The second kappa shape index (κ2) is 9.41. The number of rotatable bonds is 6. The summed E-state index contributed by atoms with van der Waals surface area (Å²) in [5.74, 6) is 1.13. The number of piperidine rings is 1. The van der Waals surface area contributed by atoms with Crippen molar-refractivity contribution in [2.24, 2.45) is 0 Å². The lowest BCUT2D eigenvalue weighted by Crippen LogP contribution is -2.49. The monoisotopic (exact) mass is 398 g/mol. The molecule has 3 aliphatic rings. The maximum absolute atomic E-state index is 11.7. The molecule has 0 spiro atoms. The van der Waals surface area contributed by atoms with Gasteiger partial charge in [-0.05, 0) is 81.8 Å². The summed E-state index contributed by atoms with van der Waals surface area (Å²) in [7, 11) is 3.85. The van der Waals surface area contributed by atoms with Crippen molar-refractivity contribution in [3.05, 3.63) is 23.8 Å². The summed E-state index contributed by atoms with van der Waals surface area (Å²) < 4.78 is 5.48. The first kappa shape index (κ1) is 21.2. The molecule has 4 rings (SSSR count). The highest BCUT2D eigenvalue weighted by Crippen LogP contribution is 2.41. The van der Waals surface area contributed by atoms with E-state index in [0.29, 0.717) is 0 Å². The molecule has 1 aliphatic carbocycles. The van der Waals surface area contributed by atoms with Crippen molar-refractivity contribution in [3.8, 4) is 5.75 Å². The fraction of sp³-hybridized carbons (Fsp3) is 0.750. The molecular formula is C24H39BN2O2. The van der Waals surface area contributed by atoms with Crippen molar-refractivity contribution in [2.75, 3.05) is 39.8 Å². The molecular weight excluding hydrogens is 359 g/mol. The SMILES string of the molecule is Bc1cc(C(CN2CCC(N3CCCC3)CC2)C2(O)CCCCC2)ccc1OC. The van der Waals surface area contributed by atoms with Crippen molar-refractivity contribution in [1.29, 1.82) is 0 Å². The number of benzene rings is 1. The highest BCUT2D eigenvalue weighted by Gasteiger charge is 2.40. The molecule has 0 radical (unpaired) electrons. The van der Waals surface area contributed by atoms with Crippen LogP contribution >= 0.6 is 0 Å². The van der Waals surface area contributed by atoms with Gasteiger partial charge in [0.15, 0.2) is 0 Å². The first-order valence-electron chi connectivity index (χ1n) is 11.9. The number of methoxy groups -OCH3 is 1. The average molecular weight is 398 g/mol. The van der Waals surface area contributed by atoms with Gasteiger partial charge in [0.2, 0.25) is 0 Å². The Balaban J connectivity index is 1.48. The van der Waals surface area contributed by atoms with E-state index < -0.39 is 5.60 Å². The van der Waals surface area contributed by atoms with Crippen molar-refractivity contribution < 1.29 is 9.84 Å². The quantitative estimate of drug-likeness (QED) is 0.746. The highest BCUT2D eigenvalue weighted by atomic mass is 16.5. The Morgan fingerprint density at radius 3 is 2.38 bits per heavy atom. The first-order chi connectivity index (χ1) is 14.1. The van der Waals surface area contributed by atoms with E-state index >= 15 is 0 Å². The van der Waals surface area contributed by atoms with Gasteiger partial charge < -0.3 is 19.6 Å². The Morgan fingerprint density at radius 1 is 1.07 bits per heavy atom. The van der Waals surface area contributed by atoms with E-state index in [-0.39, 0.29) is 5.92 Å². The van der Waals surface area contributed by atoms with E-state index in [4.69, 9.17) is 4.74 Å². The van der Waals surface area contributed by atoms with Crippen LogP contribution in [0, 0.1) is 0 Å². The van der Waals surface area contributed by atoms with Crippen LogP contribution in [0.4, 0.5) is 0 Å². The van der Waals surface area contributed by atoms with Gasteiger partial charge in [-0.1, -0.05) is 31.4 Å². The van der Waals surface area contributed by atoms with Gasteiger partial charge in [0.1, 0.15) is 13.6 Å². The van der Waals surface area contributed by atoms with Crippen LogP contribution < -0.4 is 10.2 Å². The van der Waals surface area contributed by atoms with Gasteiger partial charge in [-0.2, -0.15) is 0 Å². The van der Waals surface area contributed by atoms with Crippen molar-refractivity contribution in [1.82, 2.24) is 9.80 Å². The minimum atomic E-state index is -0.564. The number of hydrogen-bond acceptors (Lipinski definition) is 4. The average Bonchev–Trinajstić information content (AvgIpc) is 3.28. The number of hydrogen-bond donors (Lipinski definition) is 1. The minimum absolute atomic E-state index is 0.191. The summed E-state index contributed by atoms with van der Waals surface area (Å²) in [6.45, 7) is 5.93. The third-order valence-corrected chi connectivity index (χ3v) is 7.84. The molecule has 1 aromatic carbocycles. The summed E-state index contributed by atoms with van der Waals surface area (Å²) in [6, 6.07) is 7.32. The van der Waals surface area contributed by atoms with Crippen LogP contribution in [-0.4, -0.2) is 74.2 Å². The number of ether oxygens (including phenoxy) is 1. The molecule has 160 valence electrons. The van der Waals surface area contributed by atoms with Gasteiger partial charge in [0, 0.05) is 18.5 Å². The van der Waals surface area contributed by atoms with Crippen LogP contribution in [0.25, 0.3) is 0 Å². The topological polar surface area (TPSA) is 35.9 Å². The summed E-state index contributed by atoms with van der Waals surface area (Å²) in [5, 5.41) is 11.7. The van der Waals surface area contributed by atoms with E-state index in [1.165, 1.54) is 69.3 Å². The molecule has 2 saturated heterocycles. The predicted molar refractivity (Wildman–Crippen MR) is 122 cm³/mol. The van der Waals surface area contributed by atoms with Crippen molar-refractivity contribution >= 4 is 13.3 Å². The first-order valence-corrected chi connectivity index (χ1v) is 11.9. The maximum Gasteiger partial charge on any atom is 0.144 e. The second-order valence-electron chi connectivity index (χ2n) is 9.72. The van der Waals surface area contributed by atoms with Gasteiger partial charge in [-0.3, -0.25) is 0 Å². The molecule has 0 bridgehead atoms. The molecule has 1 saturated carbocycles. The Hall–Kier alpha value is -1.04. The molecule has 1 aromatic rings. The van der Waals surface area contributed by atoms with Gasteiger partial charge in [-0.25, -0.2) is 0 Å². The Labute approximate surface area is 178 Å². The lowest BCUT2D eigenvalue weighted by atomic mass is 9.71. The van der Waals surface area contributed by atoms with Crippen LogP contribution in [0.3, 0.4) is 0 Å². The molecule has 5 heteroatoms. The van der Waals surface area contributed by atoms with E-state index in [1.54, 1.807) is 7.11 Å². The van der Waals surface area contributed by atoms with Crippen molar-refractivity contribution in [2.45, 2.75) is 75.3 Å². The molecule has 0 amide bonds. The molecule has 4 nitrogen and oxygen atoms in total. The predicted octanol–water partition coefficient (Wildman–Crippen LogP) is 2.29. The summed E-state index contributed by atoms with van der Waals surface area (Å²) in [6.07, 6.45) is 10.8. The largest absolute Gasteiger partial charge is 0.497 e. The number of nitrogens with zero attached hydrogens (tertiary/aromatic N) is 2. The molecule has 3 fully saturated rings. The molecule has 0 aromatic heterocycles. The number of likely N-dealkylation sites (tertiary alicyclic amines) is 2. The van der Waals surface area contributed by atoms with Crippen LogP contribution in [-0.2, 0) is 0 Å². The lowest BCUT2D eigenvalue weighted by Gasteiger charge is -2.44. The third-order valence-electron chi connectivity index (χ3n) is 7.84. The zero-order chi connectivity index (χ0) is 20.3. The molecule has 2 heterocycles. The number of aliphatic hydroxyl groups is 1. The zero-order valence-electron chi connectivity index (χ0n) is 18.5. The van der Waals surface area contributed by atoms with Crippen LogP contribution in [0.15, 0.2) is 18.2 Å². The molecule has 2 aliphatic heterocycles. The van der Waals surface area contributed by atoms with Crippen molar-refractivity contribution in [3.63, 3.8) is 0 Å².